The van der Waals surface area contributed by atoms with Gasteiger partial charge in [0.15, 0.2) is 4.21 Å². The smallest absolute Gasteiger partial charge is 0.256 e. The molecule has 1 aliphatic heterocycles. The van der Waals surface area contributed by atoms with Gasteiger partial charge in [-0.25, -0.2) is 8.42 Å². The van der Waals surface area contributed by atoms with Crippen LogP contribution in [0.15, 0.2) is 15.7 Å². The fourth-order valence-corrected chi connectivity index (χ4v) is 5.65. The van der Waals surface area contributed by atoms with Crippen LogP contribution in [0.4, 0.5) is 0 Å². The van der Waals surface area contributed by atoms with Crippen molar-refractivity contribution in [2.24, 2.45) is 5.73 Å². The van der Waals surface area contributed by atoms with E-state index < -0.39 is 10.0 Å². The molecule has 0 saturated carbocycles. The number of nitrogens with two attached hydrogens (primary N) is 1. The minimum atomic E-state index is -3.51. The second-order valence-electron chi connectivity index (χ2n) is 4.81. The number of hydrogen-bond acceptors (Lipinski definition) is 5. The zero-order valence-electron chi connectivity index (χ0n) is 11.2. The van der Waals surface area contributed by atoms with Gasteiger partial charge in [-0.1, -0.05) is 6.42 Å². The van der Waals surface area contributed by atoms with Crippen molar-refractivity contribution < 1.29 is 13.2 Å². The van der Waals surface area contributed by atoms with Gasteiger partial charge < -0.3 is 10.5 Å². The van der Waals surface area contributed by atoms with Gasteiger partial charge in [0.05, 0.1) is 7.11 Å². The first-order chi connectivity index (χ1) is 8.98. The summed E-state index contributed by atoms with van der Waals surface area (Å²) in [7, 11) is -2.02. The summed E-state index contributed by atoms with van der Waals surface area (Å²) in [5.74, 6) is 0.416. The molecule has 1 aromatic rings. The third kappa shape index (κ3) is 2.79. The van der Waals surface area contributed by atoms with Crippen LogP contribution in [0.3, 0.4) is 0 Å². The lowest BCUT2D eigenvalue weighted by Gasteiger charge is -2.36. The Bertz CT molecular complexity index is 525. The van der Waals surface area contributed by atoms with Gasteiger partial charge in [-0.3, -0.25) is 0 Å². The van der Waals surface area contributed by atoms with E-state index in [1.54, 1.807) is 15.8 Å². The van der Waals surface area contributed by atoms with Crippen molar-refractivity contribution in [1.29, 1.82) is 0 Å². The van der Waals surface area contributed by atoms with Crippen LogP contribution in [0, 0.1) is 0 Å². The summed E-state index contributed by atoms with van der Waals surface area (Å²) in [6.07, 6.45) is 2.74. The van der Waals surface area contributed by atoms with Crippen molar-refractivity contribution in [3.05, 3.63) is 11.4 Å². The molecule has 0 radical (unpaired) electrons. The summed E-state index contributed by atoms with van der Waals surface area (Å²) in [6, 6.07) is 1.40. The fraction of sp³-hybridized carbons (Fsp3) is 0.667. The Morgan fingerprint density at radius 1 is 1.53 bits per heavy atom. The first-order valence-corrected chi connectivity index (χ1v) is 8.69. The molecule has 0 aromatic carbocycles. The third-order valence-corrected chi connectivity index (χ3v) is 6.81. The minimum Gasteiger partial charge on any atom is -0.494 e. The summed E-state index contributed by atoms with van der Waals surface area (Å²) in [6.45, 7) is 2.40. The van der Waals surface area contributed by atoms with E-state index in [4.69, 9.17) is 10.5 Å². The predicted octanol–water partition coefficient (Wildman–Crippen LogP) is 1.65. The highest BCUT2D eigenvalue weighted by molar-refractivity contribution is 7.91. The highest BCUT2D eigenvalue weighted by atomic mass is 32.2. The molecule has 1 aromatic heterocycles. The van der Waals surface area contributed by atoms with E-state index in [1.165, 1.54) is 18.4 Å². The molecule has 19 heavy (non-hydrogen) atoms. The number of piperidine rings is 1. The van der Waals surface area contributed by atoms with E-state index >= 15 is 0 Å². The van der Waals surface area contributed by atoms with Crippen LogP contribution in [0.25, 0.3) is 0 Å². The average molecular weight is 304 g/mol. The van der Waals surface area contributed by atoms with Crippen LogP contribution in [0.1, 0.15) is 26.2 Å². The largest absolute Gasteiger partial charge is 0.494 e. The van der Waals surface area contributed by atoms with Crippen molar-refractivity contribution in [2.75, 3.05) is 13.7 Å². The molecule has 2 atom stereocenters. The number of ether oxygens (including phenoxy) is 1. The first kappa shape index (κ1) is 14.8. The Hall–Kier alpha value is -0.630. The number of hydrogen-bond donors (Lipinski definition) is 1. The molecule has 7 heteroatoms. The lowest BCUT2D eigenvalue weighted by atomic mass is 10.00. The number of methoxy groups -OCH3 is 1. The second-order valence-corrected chi connectivity index (χ2v) is 7.82. The van der Waals surface area contributed by atoms with Gasteiger partial charge in [0.2, 0.25) is 0 Å². The van der Waals surface area contributed by atoms with Crippen LogP contribution in [0.5, 0.6) is 5.75 Å². The van der Waals surface area contributed by atoms with Gasteiger partial charge in [0.1, 0.15) is 5.75 Å². The van der Waals surface area contributed by atoms with Crippen molar-refractivity contribution in [3.63, 3.8) is 0 Å². The topological polar surface area (TPSA) is 72.6 Å². The van der Waals surface area contributed by atoms with Crippen molar-refractivity contribution in [3.8, 4) is 5.75 Å². The van der Waals surface area contributed by atoms with Gasteiger partial charge in [-0.2, -0.15) is 4.31 Å². The molecule has 5 nitrogen and oxygen atoms in total. The van der Waals surface area contributed by atoms with Crippen LogP contribution < -0.4 is 10.5 Å². The summed E-state index contributed by atoms with van der Waals surface area (Å²) in [5.41, 5.74) is 5.94. The van der Waals surface area contributed by atoms with Crippen molar-refractivity contribution >= 4 is 21.4 Å². The molecule has 2 N–H and O–H groups in total. The molecule has 1 fully saturated rings. The molecule has 0 amide bonds. The Kier molecular flexibility index (Phi) is 4.50. The van der Waals surface area contributed by atoms with E-state index in [9.17, 15) is 8.42 Å². The molecule has 2 rings (SSSR count). The zero-order valence-corrected chi connectivity index (χ0v) is 12.8. The molecule has 0 unspecified atom stereocenters. The standard InChI is InChI=1S/C12H20N2O3S2/c1-9(13)10-5-3-4-7-14(10)19(15,16)12-11(17-2)6-8-18-12/h6,8-10H,3-5,7,13H2,1-2H3/t9-,10+/m1/s1. The summed E-state index contributed by atoms with van der Waals surface area (Å²) >= 11 is 1.19. The van der Waals surface area contributed by atoms with Gasteiger partial charge >= 0.3 is 0 Å². The van der Waals surface area contributed by atoms with Crippen LogP contribution in [-0.4, -0.2) is 38.5 Å². The molecule has 1 aliphatic rings. The molecular weight excluding hydrogens is 284 g/mol. The number of thiophene rings is 1. The monoisotopic (exact) mass is 304 g/mol. The van der Waals surface area contributed by atoms with E-state index in [1.807, 2.05) is 6.92 Å². The SMILES string of the molecule is COc1ccsc1S(=O)(=O)N1CCCC[C@H]1[C@@H](C)N. The van der Waals surface area contributed by atoms with Gasteiger partial charge in [-0.05, 0) is 31.2 Å². The van der Waals surface area contributed by atoms with Crippen molar-refractivity contribution in [1.82, 2.24) is 4.31 Å². The van der Waals surface area contributed by atoms with E-state index in [-0.39, 0.29) is 16.3 Å². The Morgan fingerprint density at radius 2 is 2.26 bits per heavy atom. The molecule has 108 valence electrons. The maximum Gasteiger partial charge on any atom is 0.256 e. The maximum atomic E-state index is 12.7. The highest BCUT2D eigenvalue weighted by Gasteiger charge is 2.37. The van der Waals surface area contributed by atoms with E-state index in [0.717, 1.165) is 19.3 Å². The average Bonchev–Trinajstić information content (AvgIpc) is 2.87. The minimum absolute atomic E-state index is 0.120. The van der Waals surface area contributed by atoms with E-state index in [0.29, 0.717) is 12.3 Å². The predicted molar refractivity (Wildman–Crippen MR) is 76.1 cm³/mol. The highest BCUT2D eigenvalue weighted by Crippen LogP contribution is 2.35. The molecule has 0 spiro atoms. The third-order valence-electron chi connectivity index (χ3n) is 3.46. The maximum absolute atomic E-state index is 12.7. The Morgan fingerprint density at radius 3 is 2.89 bits per heavy atom. The van der Waals surface area contributed by atoms with Gasteiger partial charge in [0.25, 0.3) is 10.0 Å². The van der Waals surface area contributed by atoms with Crippen LogP contribution in [-0.2, 0) is 10.0 Å². The molecule has 0 aliphatic carbocycles. The first-order valence-electron chi connectivity index (χ1n) is 6.37. The second kappa shape index (κ2) is 5.78. The molecular formula is C12H20N2O3S2. The number of sulfonamides is 1. The normalized spacial score (nSPS) is 23.2. The zero-order chi connectivity index (χ0) is 14.0. The number of rotatable bonds is 4. The number of nitrogens with zero attached hydrogens (tertiary/aromatic N) is 1. The summed E-state index contributed by atoms with van der Waals surface area (Å²) in [4.78, 5) is 0. The summed E-state index contributed by atoms with van der Waals surface area (Å²) < 4.78 is 32.5. The molecule has 0 bridgehead atoms. The van der Waals surface area contributed by atoms with Gasteiger partial charge in [0, 0.05) is 18.6 Å². The lowest BCUT2D eigenvalue weighted by Crippen LogP contribution is -2.51. The fourth-order valence-electron chi connectivity index (χ4n) is 2.48. The van der Waals surface area contributed by atoms with Crippen LogP contribution in [0.2, 0.25) is 0 Å². The quantitative estimate of drug-likeness (QED) is 0.918. The molecule has 1 saturated heterocycles. The van der Waals surface area contributed by atoms with E-state index in [2.05, 4.69) is 0 Å². The van der Waals surface area contributed by atoms with Crippen molar-refractivity contribution in [2.45, 2.75) is 42.5 Å². The Labute approximate surface area is 118 Å². The Balaban J connectivity index is 2.37. The van der Waals surface area contributed by atoms with Crippen LogP contribution >= 0.6 is 11.3 Å². The lowest BCUT2D eigenvalue weighted by molar-refractivity contribution is 0.227. The summed E-state index contributed by atoms with van der Waals surface area (Å²) in [5, 5.41) is 1.73. The molecule has 2 heterocycles. The van der Waals surface area contributed by atoms with Gasteiger partial charge in [-0.15, -0.1) is 11.3 Å².